The van der Waals surface area contributed by atoms with Gasteiger partial charge in [0.05, 0.1) is 0 Å². The van der Waals surface area contributed by atoms with Crippen molar-refractivity contribution in [1.29, 1.82) is 0 Å². The van der Waals surface area contributed by atoms with E-state index in [-0.39, 0.29) is 12.5 Å². The highest BCUT2D eigenvalue weighted by Crippen LogP contribution is 2.38. The van der Waals surface area contributed by atoms with Crippen LogP contribution < -0.4 is 15.8 Å². The van der Waals surface area contributed by atoms with Crippen molar-refractivity contribution in [3.8, 4) is 5.75 Å². The Hall–Kier alpha value is -3.35. The minimum absolute atomic E-state index is 0.201. The molecule has 4 rings (SSSR count). The number of amides is 1. The summed E-state index contributed by atoms with van der Waals surface area (Å²) in [6.07, 6.45) is 2.23. The number of nitrogens with one attached hydrogen (secondary N) is 1. The van der Waals surface area contributed by atoms with Gasteiger partial charge in [0.25, 0.3) is 5.91 Å². The predicted octanol–water partition coefficient (Wildman–Crippen LogP) is 3.67. The third-order valence-electron chi connectivity index (χ3n) is 4.40. The van der Waals surface area contributed by atoms with Crippen LogP contribution in [0.25, 0.3) is 0 Å². The molecule has 0 spiro atoms. The Morgan fingerprint density at radius 3 is 2.78 bits per heavy atom. The third-order valence-corrected chi connectivity index (χ3v) is 4.40. The molecule has 3 aromatic rings. The maximum Gasteiger partial charge on any atom is 0.256 e. The zero-order valence-corrected chi connectivity index (χ0v) is 14.9. The summed E-state index contributed by atoms with van der Waals surface area (Å²) < 4.78 is 10.9. The Kier molecular flexibility index (Phi) is 4.50. The Morgan fingerprint density at radius 1 is 1.26 bits per heavy atom. The fourth-order valence-electron chi connectivity index (χ4n) is 2.69. The standard InChI is InChI=1S/C20H20N4O3/c1-12-2-5-14(21)10-17(12)19(25)22-15-6-8-16(9-7-15)26-11-18-23-20(27-24-18)13-3-4-13/h2,5-10,13H,3-4,11,21H2,1H3,(H,22,25). The van der Waals surface area contributed by atoms with E-state index in [1.807, 2.05) is 13.0 Å². The van der Waals surface area contributed by atoms with Crippen molar-refractivity contribution in [3.05, 3.63) is 65.3 Å². The van der Waals surface area contributed by atoms with Gasteiger partial charge in [-0.15, -0.1) is 0 Å². The van der Waals surface area contributed by atoms with E-state index in [2.05, 4.69) is 15.5 Å². The van der Waals surface area contributed by atoms with Gasteiger partial charge in [-0.05, 0) is 61.7 Å². The first kappa shape index (κ1) is 17.1. The number of anilines is 2. The second kappa shape index (κ2) is 7.11. The fourth-order valence-corrected chi connectivity index (χ4v) is 2.69. The van der Waals surface area contributed by atoms with Gasteiger partial charge in [-0.3, -0.25) is 4.79 Å². The molecule has 138 valence electrons. The fraction of sp³-hybridized carbons (Fsp3) is 0.250. The average molecular weight is 364 g/mol. The van der Waals surface area contributed by atoms with Gasteiger partial charge in [-0.25, -0.2) is 0 Å². The predicted molar refractivity (Wildman–Crippen MR) is 101 cm³/mol. The molecule has 0 bridgehead atoms. The van der Waals surface area contributed by atoms with Crippen LogP contribution in [0.5, 0.6) is 5.75 Å². The van der Waals surface area contributed by atoms with Gasteiger partial charge in [-0.2, -0.15) is 4.98 Å². The molecule has 1 aliphatic carbocycles. The SMILES string of the molecule is Cc1ccc(N)cc1C(=O)Nc1ccc(OCc2noc(C3CC3)n2)cc1. The van der Waals surface area contributed by atoms with Gasteiger partial charge in [-0.1, -0.05) is 11.2 Å². The number of aromatic nitrogens is 2. The number of carbonyl (C=O) groups is 1. The maximum atomic E-state index is 12.4. The Morgan fingerprint density at radius 2 is 2.04 bits per heavy atom. The summed E-state index contributed by atoms with van der Waals surface area (Å²) in [5.74, 6) is 2.12. The average Bonchev–Trinajstić information content (AvgIpc) is 3.41. The molecule has 7 heteroatoms. The summed E-state index contributed by atoms with van der Waals surface area (Å²) in [5, 5.41) is 6.78. The number of hydrogen-bond donors (Lipinski definition) is 2. The number of aryl methyl sites for hydroxylation is 1. The lowest BCUT2D eigenvalue weighted by Gasteiger charge is -2.09. The van der Waals surface area contributed by atoms with Gasteiger partial charge in [0.1, 0.15) is 5.75 Å². The normalized spacial score (nSPS) is 13.4. The topological polar surface area (TPSA) is 103 Å². The lowest BCUT2D eigenvalue weighted by Crippen LogP contribution is -2.13. The quantitative estimate of drug-likeness (QED) is 0.647. The minimum Gasteiger partial charge on any atom is -0.485 e. The van der Waals surface area contributed by atoms with E-state index in [0.717, 1.165) is 18.4 Å². The first-order chi connectivity index (χ1) is 13.1. The van der Waals surface area contributed by atoms with E-state index in [4.69, 9.17) is 15.0 Å². The highest BCUT2D eigenvalue weighted by molar-refractivity contribution is 6.05. The molecule has 1 aliphatic rings. The van der Waals surface area contributed by atoms with Gasteiger partial charge in [0.2, 0.25) is 11.7 Å². The summed E-state index contributed by atoms with van der Waals surface area (Å²) in [5.41, 5.74) is 8.42. The number of rotatable bonds is 6. The van der Waals surface area contributed by atoms with Gasteiger partial charge in [0, 0.05) is 22.9 Å². The number of hydrogen-bond acceptors (Lipinski definition) is 6. The van der Waals surface area contributed by atoms with Crippen LogP contribution in [0.4, 0.5) is 11.4 Å². The van der Waals surface area contributed by atoms with Crippen LogP contribution in [-0.2, 0) is 6.61 Å². The molecular formula is C20H20N4O3. The van der Waals surface area contributed by atoms with Crippen molar-refractivity contribution in [2.75, 3.05) is 11.1 Å². The zero-order chi connectivity index (χ0) is 18.8. The lowest BCUT2D eigenvalue weighted by molar-refractivity contribution is 0.102. The third kappa shape index (κ3) is 4.08. The Labute approximate surface area is 156 Å². The molecule has 1 amide bonds. The number of carbonyl (C=O) groups excluding carboxylic acids is 1. The van der Waals surface area contributed by atoms with E-state index >= 15 is 0 Å². The maximum absolute atomic E-state index is 12.4. The van der Waals surface area contributed by atoms with E-state index in [1.165, 1.54) is 0 Å². The molecule has 0 aliphatic heterocycles. The van der Waals surface area contributed by atoms with E-state index in [1.54, 1.807) is 36.4 Å². The Bertz CT molecular complexity index is 962. The number of ether oxygens (including phenoxy) is 1. The van der Waals surface area contributed by atoms with Crippen molar-refractivity contribution in [2.45, 2.75) is 32.3 Å². The van der Waals surface area contributed by atoms with Crippen LogP contribution in [0.3, 0.4) is 0 Å². The molecule has 0 atom stereocenters. The van der Waals surface area contributed by atoms with Gasteiger partial charge in [0.15, 0.2) is 6.61 Å². The second-order valence-electron chi connectivity index (χ2n) is 6.66. The summed E-state index contributed by atoms with van der Waals surface area (Å²) >= 11 is 0. The molecule has 7 nitrogen and oxygen atoms in total. The van der Waals surface area contributed by atoms with Crippen molar-refractivity contribution in [2.24, 2.45) is 0 Å². The molecular weight excluding hydrogens is 344 g/mol. The van der Waals surface area contributed by atoms with Crippen LogP contribution in [0.2, 0.25) is 0 Å². The van der Waals surface area contributed by atoms with E-state index in [9.17, 15) is 4.79 Å². The molecule has 1 saturated carbocycles. The summed E-state index contributed by atoms with van der Waals surface area (Å²) in [4.78, 5) is 16.7. The smallest absolute Gasteiger partial charge is 0.256 e. The largest absolute Gasteiger partial charge is 0.485 e. The molecule has 2 aromatic carbocycles. The summed E-state index contributed by atoms with van der Waals surface area (Å²) in [7, 11) is 0. The first-order valence-electron chi connectivity index (χ1n) is 8.81. The van der Waals surface area contributed by atoms with Gasteiger partial charge < -0.3 is 20.3 Å². The van der Waals surface area contributed by atoms with E-state index in [0.29, 0.717) is 40.3 Å². The molecule has 1 fully saturated rings. The lowest BCUT2D eigenvalue weighted by atomic mass is 10.1. The van der Waals surface area contributed by atoms with Crippen LogP contribution in [-0.4, -0.2) is 16.0 Å². The number of benzene rings is 2. The number of nitrogens with two attached hydrogens (primary N) is 1. The molecule has 1 aromatic heterocycles. The number of nitrogens with zero attached hydrogens (tertiary/aromatic N) is 2. The second-order valence-corrected chi connectivity index (χ2v) is 6.66. The summed E-state index contributed by atoms with van der Waals surface area (Å²) in [6, 6.07) is 12.4. The number of nitrogen functional groups attached to an aromatic ring is 1. The molecule has 0 saturated heterocycles. The Balaban J connectivity index is 1.35. The van der Waals surface area contributed by atoms with Crippen LogP contribution in [0, 0.1) is 6.92 Å². The minimum atomic E-state index is -0.201. The van der Waals surface area contributed by atoms with Crippen LogP contribution in [0.15, 0.2) is 47.0 Å². The molecule has 1 heterocycles. The molecule has 0 unspecified atom stereocenters. The molecule has 3 N–H and O–H groups in total. The van der Waals surface area contributed by atoms with Crippen molar-refractivity contribution in [1.82, 2.24) is 10.1 Å². The zero-order valence-electron chi connectivity index (χ0n) is 14.9. The monoisotopic (exact) mass is 364 g/mol. The first-order valence-corrected chi connectivity index (χ1v) is 8.81. The molecule has 27 heavy (non-hydrogen) atoms. The van der Waals surface area contributed by atoms with Gasteiger partial charge >= 0.3 is 0 Å². The van der Waals surface area contributed by atoms with Crippen LogP contribution in [0.1, 0.15) is 46.4 Å². The van der Waals surface area contributed by atoms with E-state index < -0.39 is 0 Å². The highest BCUT2D eigenvalue weighted by Gasteiger charge is 2.29. The van der Waals surface area contributed by atoms with Crippen LogP contribution >= 0.6 is 0 Å². The van der Waals surface area contributed by atoms with Crippen molar-refractivity contribution < 1.29 is 14.1 Å². The molecule has 0 radical (unpaired) electrons. The summed E-state index contributed by atoms with van der Waals surface area (Å²) in [6.45, 7) is 2.11. The highest BCUT2D eigenvalue weighted by atomic mass is 16.5. The van der Waals surface area contributed by atoms with Crippen molar-refractivity contribution >= 4 is 17.3 Å². The van der Waals surface area contributed by atoms with Crippen molar-refractivity contribution in [3.63, 3.8) is 0 Å².